The minimum absolute atomic E-state index is 0.0389. The lowest BCUT2D eigenvalue weighted by Gasteiger charge is -2.26. The van der Waals surface area contributed by atoms with Crippen LogP contribution in [0.1, 0.15) is 24.9 Å². The van der Waals surface area contributed by atoms with Crippen molar-refractivity contribution in [2.24, 2.45) is 0 Å². The van der Waals surface area contributed by atoms with E-state index >= 15 is 0 Å². The smallest absolute Gasteiger partial charge is 0.264 e. The maximum absolute atomic E-state index is 13.7. The summed E-state index contributed by atoms with van der Waals surface area (Å²) in [5.74, 6) is 0.222. The second-order valence-corrected chi connectivity index (χ2v) is 9.74. The van der Waals surface area contributed by atoms with Gasteiger partial charge in [0.1, 0.15) is 6.54 Å². The zero-order valence-electron chi connectivity index (χ0n) is 19.2. The molecule has 1 atom stereocenters. The fourth-order valence-corrected chi connectivity index (χ4v) is 5.07. The van der Waals surface area contributed by atoms with Gasteiger partial charge in [-0.1, -0.05) is 48.9 Å². The molecule has 3 aromatic rings. The number of hydrogen-bond acceptors (Lipinski definition) is 5. The van der Waals surface area contributed by atoms with Crippen molar-refractivity contribution >= 4 is 33.2 Å². The number of sulfonamides is 1. The molecule has 3 rings (SSSR count). The molecule has 0 heterocycles. The molecule has 0 bridgehead atoms. The van der Waals surface area contributed by atoms with E-state index in [-0.39, 0.29) is 16.7 Å². The molecule has 0 saturated carbocycles. The Morgan fingerprint density at radius 1 is 0.971 bits per heavy atom. The molecule has 0 unspecified atom stereocenters. The summed E-state index contributed by atoms with van der Waals surface area (Å²) in [7, 11) is -1.24. The molecular weight excluding hydrogens is 476 g/mol. The van der Waals surface area contributed by atoms with Crippen molar-refractivity contribution in [1.82, 2.24) is 5.32 Å². The molecule has 0 spiro atoms. The van der Waals surface area contributed by atoms with Gasteiger partial charge in [-0.15, -0.1) is 0 Å². The number of amides is 1. The summed E-state index contributed by atoms with van der Waals surface area (Å²) in [6.07, 6.45) is 0.652. The fraction of sp³-hybridized carbons (Fsp3) is 0.240. The Morgan fingerprint density at radius 3 is 2.21 bits per heavy atom. The van der Waals surface area contributed by atoms with Crippen LogP contribution in [0.15, 0.2) is 77.7 Å². The molecule has 34 heavy (non-hydrogen) atoms. The van der Waals surface area contributed by atoms with Crippen molar-refractivity contribution in [1.29, 1.82) is 0 Å². The van der Waals surface area contributed by atoms with Crippen molar-refractivity contribution in [3.8, 4) is 11.5 Å². The highest BCUT2D eigenvalue weighted by atomic mass is 35.5. The summed E-state index contributed by atoms with van der Waals surface area (Å²) in [5.41, 5.74) is 1.25. The summed E-state index contributed by atoms with van der Waals surface area (Å²) in [4.78, 5) is 13.0. The van der Waals surface area contributed by atoms with Crippen LogP contribution < -0.4 is 19.1 Å². The zero-order chi connectivity index (χ0) is 24.7. The van der Waals surface area contributed by atoms with Crippen molar-refractivity contribution < 1.29 is 22.7 Å². The Morgan fingerprint density at radius 2 is 1.62 bits per heavy atom. The molecule has 7 nitrogen and oxygen atoms in total. The monoisotopic (exact) mass is 502 g/mol. The highest BCUT2D eigenvalue weighted by Gasteiger charge is 2.29. The molecule has 0 fully saturated rings. The lowest BCUT2D eigenvalue weighted by Crippen LogP contribution is -2.42. The van der Waals surface area contributed by atoms with E-state index in [1.54, 1.807) is 24.3 Å². The maximum atomic E-state index is 13.7. The van der Waals surface area contributed by atoms with Gasteiger partial charge in [-0.05, 0) is 48.4 Å². The molecule has 1 amide bonds. The van der Waals surface area contributed by atoms with Crippen LogP contribution in [0.25, 0.3) is 0 Å². The van der Waals surface area contributed by atoms with Crippen LogP contribution in [-0.2, 0) is 14.8 Å². The van der Waals surface area contributed by atoms with Gasteiger partial charge in [-0.25, -0.2) is 8.42 Å². The van der Waals surface area contributed by atoms with E-state index < -0.39 is 22.5 Å². The molecule has 0 saturated heterocycles. The molecule has 0 aromatic heterocycles. The largest absolute Gasteiger partial charge is 0.493 e. The van der Waals surface area contributed by atoms with Gasteiger partial charge in [0.2, 0.25) is 5.91 Å². The maximum Gasteiger partial charge on any atom is 0.264 e. The first kappa shape index (κ1) is 25.4. The molecule has 0 radical (unpaired) electrons. The number of anilines is 1. The third-order valence-electron chi connectivity index (χ3n) is 5.29. The molecule has 180 valence electrons. The van der Waals surface area contributed by atoms with Gasteiger partial charge in [-0.2, -0.15) is 0 Å². The number of nitrogens with one attached hydrogen (secondary N) is 1. The summed E-state index contributed by atoms with van der Waals surface area (Å²) < 4.78 is 38.9. The normalized spacial score (nSPS) is 12.0. The van der Waals surface area contributed by atoms with Crippen LogP contribution >= 0.6 is 11.6 Å². The Labute approximate surface area is 205 Å². The van der Waals surface area contributed by atoms with E-state index in [2.05, 4.69) is 5.32 Å². The Balaban J connectivity index is 1.95. The Hall–Kier alpha value is -3.23. The van der Waals surface area contributed by atoms with E-state index in [0.29, 0.717) is 22.9 Å². The van der Waals surface area contributed by atoms with Crippen LogP contribution in [0.3, 0.4) is 0 Å². The predicted molar refractivity (Wildman–Crippen MR) is 133 cm³/mol. The summed E-state index contributed by atoms with van der Waals surface area (Å²) in [6, 6.07) is 19.8. The molecule has 3 aromatic carbocycles. The lowest BCUT2D eigenvalue weighted by atomic mass is 10.0. The van der Waals surface area contributed by atoms with Gasteiger partial charge in [0.15, 0.2) is 11.5 Å². The molecule has 0 aliphatic carbocycles. The highest BCUT2D eigenvalue weighted by molar-refractivity contribution is 7.92. The summed E-state index contributed by atoms with van der Waals surface area (Å²) in [6.45, 7) is 1.54. The number of carbonyl (C=O) groups is 1. The number of methoxy groups -OCH3 is 2. The third kappa shape index (κ3) is 5.81. The average molecular weight is 503 g/mol. The first-order valence-corrected chi connectivity index (χ1v) is 12.5. The second kappa shape index (κ2) is 11.3. The number of ether oxygens (including phenoxy) is 2. The van der Waals surface area contributed by atoms with Crippen molar-refractivity contribution in [2.75, 3.05) is 25.1 Å². The first-order valence-electron chi connectivity index (χ1n) is 10.6. The zero-order valence-corrected chi connectivity index (χ0v) is 20.8. The van der Waals surface area contributed by atoms with Crippen LogP contribution in [0.2, 0.25) is 5.02 Å². The number of rotatable bonds is 10. The van der Waals surface area contributed by atoms with E-state index in [9.17, 15) is 13.2 Å². The predicted octanol–water partition coefficient (Wildman–Crippen LogP) is 4.82. The van der Waals surface area contributed by atoms with Gasteiger partial charge in [-0.3, -0.25) is 9.10 Å². The van der Waals surface area contributed by atoms with Crippen molar-refractivity contribution in [2.45, 2.75) is 24.3 Å². The van der Waals surface area contributed by atoms with Gasteiger partial charge in [0.25, 0.3) is 10.0 Å². The second-order valence-electron chi connectivity index (χ2n) is 7.44. The lowest BCUT2D eigenvalue weighted by molar-refractivity contribution is -0.120. The Kier molecular flexibility index (Phi) is 8.41. The fourth-order valence-electron chi connectivity index (χ4n) is 3.50. The van der Waals surface area contributed by atoms with E-state index in [1.165, 1.54) is 32.4 Å². The average Bonchev–Trinajstić information content (AvgIpc) is 2.86. The molecule has 1 N–H and O–H groups in total. The van der Waals surface area contributed by atoms with Gasteiger partial charge in [0.05, 0.1) is 30.8 Å². The van der Waals surface area contributed by atoms with Crippen LogP contribution in [0, 0.1) is 0 Å². The van der Waals surface area contributed by atoms with Crippen LogP contribution in [0.4, 0.5) is 5.69 Å². The van der Waals surface area contributed by atoms with Gasteiger partial charge < -0.3 is 14.8 Å². The van der Waals surface area contributed by atoms with Crippen molar-refractivity contribution in [3.63, 3.8) is 0 Å². The van der Waals surface area contributed by atoms with Gasteiger partial charge >= 0.3 is 0 Å². The topological polar surface area (TPSA) is 84.9 Å². The number of halogens is 1. The van der Waals surface area contributed by atoms with Gasteiger partial charge in [0, 0.05) is 11.1 Å². The molecule has 0 aliphatic rings. The number of nitrogens with zero attached hydrogens (tertiary/aromatic N) is 1. The summed E-state index contributed by atoms with van der Waals surface area (Å²) >= 11 is 6.00. The number of hydrogen-bond donors (Lipinski definition) is 1. The van der Waals surface area contributed by atoms with E-state index in [0.717, 1.165) is 9.87 Å². The molecule has 0 aliphatic heterocycles. The first-order chi connectivity index (χ1) is 16.3. The SMILES string of the molecule is CC[C@@H](NC(=O)CN(c1ccc(Cl)cc1)S(=O)(=O)c1ccc(OC)c(OC)c1)c1ccccc1. The standard InChI is InChI=1S/C25H27ClN2O5S/c1-4-22(18-8-6-5-7-9-18)27-25(29)17-28(20-12-10-19(26)11-13-20)34(30,31)21-14-15-23(32-2)24(16-21)33-3/h5-16,22H,4,17H2,1-3H3,(H,27,29)/t22-/m1/s1. The summed E-state index contributed by atoms with van der Waals surface area (Å²) in [5, 5.41) is 3.39. The number of benzene rings is 3. The minimum Gasteiger partial charge on any atom is -0.493 e. The molecule has 9 heteroatoms. The van der Waals surface area contributed by atoms with E-state index in [1.807, 2.05) is 37.3 Å². The third-order valence-corrected chi connectivity index (χ3v) is 7.31. The minimum atomic E-state index is -4.13. The van der Waals surface area contributed by atoms with E-state index in [4.69, 9.17) is 21.1 Å². The van der Waals surface area contributed by atoms with Crippen LogP contribution in [-0.4, -0.2) is 35.1 Å². The number of carbonyl (C=O) groups excluding carboxylic acids is 1. The quantitative estimate of drug-likeness (QED) is 0.429. The van der Waals surface area contributed by atoms with Crippen LogP contribution in [0.5, 0.6) is 11.5 Å². The highest BCUT2D eigenvalue weighted by Crippen LogP contribution is 2.32. The van der Waals surface area contributed by atoms with Crippen molar-refractivity contribution in [3.05, 3.63) is 83.4 Å². The Bertz CT molecular complexity index is 1220. The molecular formula is C25H27ClN2O5S.